The Morgan fingerprint density at radius 2 is 0.637 bits per heavy atom. The second kappa shape index (κ2) is 27.4. The molecule has 0 bridgehead atoms. The van der Waals surface area contributed by atoms with Gasteiger partial charge in [0.1, 0.15) is 18.3 Å². The molecule has 4 N–H and O–H groups in total. The van der Waals surface area contributed by atoms with E-state index in [0.29, 0.717) is 74.0 Å². The molecular formula is C68H99AgNO18S3-. The van der Waals surface area contributed by atoms with Crippen LogP contribution >= 0.6 is 0 Å². The van der Waals surface area contributed by atoms with E-state index in [1.807, 2.05) is 39.0 Å². The number of allylic oxidation sites excluding steroid dienone is 12. The van der Waals surface area contributed by atoms with Gasteiger partial charge in [-0.1, -0.05) is 73.1 Å². The van der Waals surface area contributed by atoms with Gasteiger partial charge in [-0.2, -0.15) is 0 Å². The monoisotopic (exact) mass is 1420 g/mol. The summed E-state index contributed by atoms with van der Waals surface area (Å²) >= 11 is 0. The van der Waals surface area contributed by atoms with E-state index in [4.69, 9.17) is 0 Å². The van der Waals surface area contributed by atoms with Gasteiger partial charge in [0.2, 0.25) is 31.2 Å². The van der Waals surface area contributed by atoms with Crippen LogP contribution in [0.4, 0.5) is 0 Å². The summed E-state index contributed by atoms with van der Waals surface area (Å²) in [6.07, 6.45) is 21.8. The number of Topliss-reactive ketones (excluding diaryl/α,β-unsaturated/α-hetero) is 3. The van der Waals surface area contributed by atoms with Crippen molar-refractivity contribution in [1.82, 2.24) is 6.15 Å². The first-order chi connectivity index (χ1) is 40.4. The molecule has 0 spiro atoms. The Kier molecular flexibility index (Phi) is 23.1. The first-order valence-electron chi connectivity index (χ1n) is 31.8. The average Bonchev–Trinajstić information content (AvgIpc) is 1.64. The molecular weight excluding hydrogens is 1320 g/mol. The zero-order valence-corrected chi connectivity index (χ0v) is 57.2. The van der Waals surface area contributed by atoms with Crippen molar-refractivity contribution in [3.8, 4) is 0 Å². The fraction of sp³-hybridized carbons (Fsp3) is 0.735. The Morgan fingerprint density at radius 3 is 0.857 bits per heavy atom. The number of fused-ring (bicyclic) bond motifs is 12. The number of rotatable bonds is 12. The van der Waals surface area contributed by atoms with Crippen molar-refractivity contribution in [1.29, 1.82) is 0 Å². The summed E-state index contributed by atoms with van der Waals surface area (Å²) in [5, 5.41) is 0. The number of hydrogen-bond acceptors (Lipinski definition) is 18. The summed E-state index contributed by atoms with van der Waals surface area (Å²) in [4.78, 5) is 75.2. The predicted molar refractivity (Wildman–Crippen MR) is 336 cm³/mol. The summed E-state index contributed by atoms with van der Waals surface area (Å²) < 4.78 is 113. The molecule has 15 atom stereocenters. The molecule has 12 aliphatic rings. The van der Waals surface area contributed by atoms with Gasteiger partial charge < -0.3 is 19.8 Å². The molecule has 12 rings (SSSR count). The van der Waals surface area contributed by atoms with Crippen LogP contribution in [0.25, 0.3) is 0 Å². The van der Waals surface area contributed by atoms with Crippen molar-refractivity contribution in [2.75, 3.05) is 0 Å². The van der Waals surface area contributed by atoms with E-state index in [9.17, 15) is 67.7 Å². The number of ketones is 6. The summed E-state index contributed by atoms with van der Waals surface area (Å²) in [6, 6.07) is 0. The van der Waals surface area contributed by atoms with Crippen molar-refractivity contribution >= 4 is 65.9 Å². The summed E-state index contributed by atoms with van der Waals surface area (Å²) in [6.45, 7) is 16.4. The predicted octanol–water partition coefficient (Wildman–Crippen LogP) is 12.5. The van der Waals surface area contributed by atoms with E-state index in [2.05, 4.69) is 33.3 Å². The van der Waals surface area contributed by atoms with E-state index in [1.165, 1.54) is 70.9 Å². The molecule has 0 radical (unpaired) electrons. The van der Waals surface area contributed by atoms with Crippen LogP contribution in [0.15, 0.2) is 68.4 Å². The molecule has 6 fully saturated rings. The molecule has 0 amide bonds. The average molecular weight is 1420 g/mol. The molecule has 514 valence electrons. The fourth-order valence-corrected chi connectivity index (χ4v) is 21.9. The smallest absolute Gasteiger partial charge is 0.726 e. The quantitative estimate of drug-likeness (QED) is 0.108. The fourth-order valence-electron chi connectivity index (χ4n) is 20.6. The third-order valence-corrected chi connectivity index (χ3v) is 27.1. The van der Waals surface area contributed by atoms with Crippen LogP contribution in [-0.4, -0.2) is 91.9 Å². The first-order valence-corrected chi connectivity index (χ1v) is 35.8. The van der Waals surface area contributed by atoms with Crippen molar-refractivity contribution in [2.45, 2.75) is 250 Å². The largest absolute Gasteiger partial charge is 1.00 e. The number of hydrogen-bond donors (Lipinski definition) is 1. The van der Waals surface area contributed by atoms with Gasteiger partial charge in [-0.25, -0.2) is 25.3 Å². The van der Waals surface area contributed by atoms with Gasteiger partial charge in [-0.05, 0) is 259 Å². The molecule has 6 saturated carbocycles. The standard InChI is InChI=1S/3C22H30O6S.2CH4.Ag.H3N/c3*1-13(28-29(25,26)27)20(24)22(3)11-9-19-18-6-4-14-12-15(23)5-7-16(14)17(18)8-10-21(19,22)2;;;;/h3*12-13,18-19H,4-11H2,1-3H3,(H,25,26,27);2*1H4;;1H3/q;;;;;+1;/p-2/t3*13-,18?,19?,21-,22+;;;;/m000..../s1. The van der Waals surface area contributed by atoms with Crippen LogP contribution in [0.5, 0.6) is 0 Å². The van der Waals surface area contributed by atoms with Crippen LogP contribution in [0.3, 0.4) is 0 Å². The molecule has 0 aliphatic heterocycles. The van der Waals surface area contributed by atoms with E-state index in [1.54, 1.807) is 0 Å². The molecule has 0 aromatic carbocycles. The van der Waals surface area contributed by atoms with E-state index < -0.39 is 65.8 Å². The Labute approximate surface area is 557 Å². The summed E-state index contributed by atoms with van der Waals surface area (Å²) in [7, 11) is -14.8. The molecule has 12 aliphatic carbocycles. The zero-order chi connectivity index (χ0) is 63.6. The Bertz CT molecular complexity index is 3160. The second-order valence-corrected chi connectivity index (χ2v) is 32.1. The molecule has 0 saturated heterocycles. The normalized spacial score (nSPS) is 36.4. The third kappa shape index (κ3) is 13.8. The van der Waals surface area contributed by atoms with Gasteiger partial charge in [0.25, 0.3) is 0 Å². The molecule has 19 nitrogen and oxygen atoms in total. The SMILES string of the molecule is C.C.C[C@H](OS(=O)(=O)[O-])C(=O)[C@@]1(C)CCC2C3CCC4=CC(=O)CCC4=C3CC[C@@]21C.C[C@H](OS(=O)(=O)[O-])C(=O)[C@@]1(C)CCC2C3CCC4=CC(=O)CCC4=C3CC[C@@]21C.C[C@H](OS(=O)(=O)[O-])C(=O)[C@@]1(C)CCC2C3CCC4=CC(=O)CCC4=C3CC[C@@]21C.[Ag+].[NH4+]. The minimum Gasteiger partial charge on any atom is -0.726 e. The number of carbonyl (C=O) groups excluding carboxylic acids is 6. The molecule has 6 unspecified atom stereocenters. The number of quaternary nitrogens is 1. The van der Waals surface area contributed by atoms with Crippen LogP contribution < -0.4 is 6.15 Å². The van der Waals surface area contributed by atoms with Gasteiger partial charge in [0.05, 0.1) is 0 Å². The molecule has 23 heteroatoms. The minimum atomic E-state index is -4.92. The van der Waals surface area contributed by atoms with Gasteiger partial charge >= 0.3 is 22.4 Å². The Morgan fingerprint density at radius 1 is 0.407 bits per heavy atom. The maximum Gasteiger partial charge on any atom is 1.00 e. The molecule has 91 heavy (non-hydrogen) atoms. The molecule has 0 aromatic rings. The van der Waals surface area contributed by atoms with Crippen LogP contribution in [0, 0.1) is 68.0 Å². The summed E-state index contributed by atoms with van der Waals surface area (Å²) in [5.74, 6) is 2.15. The van der Waals surface area contributed by atoms with Gasteiger partial charge in [-0.15, -0.1) is 0 Å². The first kappa shape index (κ1) is 76.8. The minimum absolute atomic E-state index is 0. The second-order valence-electron chi connectivity index (χ2n) is 29.1. The summed E-state index contributed by atoms with van der Waals surface area (Å²) in [5.41, 5.74) is 9.37. The van der Waals surface area contributed by atoms with Crippen LogP contribution in [0.2, 0.25) is 0 Å². The third-order valence-electron chi connectivity index (χ3n) is 25.5. The Balaban J connectivity index is 0.000000212. The molecule has 0 heterocycles. The maximum atomic E-state index is 13.2. The van der Waals surface area contributed by atoms with Crippen molar-refractivity contribution < 1.29 is 103 Å². The zero-order valence-electron chi connectivity index (χ0n) is 53.3. The number of carbonyl (C=O) groups is 6. The van der Waals surface area contributed by atoms with Gasteiger partial charge in [-0.3, -0.25) is 41.3 Å². The van der Waals surface area contributed by atoms with E-state index in [0.717, 1.165) is 116 Å². The van der Waals surface area contributed by atoms with Crippen molar-refractivity contribution in [3.05, 3.63) is 68.4 Å². The van der Waals surface area contributed by atoms with Crippen molar-refractivity contribution in [2.24, 2.45) is 68.0 Å². The van der Waals surface area contributed by atoms with Crippen LogP contribution in [-0.2, 0) is 94.9 Å². The molecule has 0 aromatic heterocycles. The maximum absolute atomic E-state index is 13.2. The Hall–Kier alpha value is -3.23. The van der Waals surface area contributed by atoms with Gasteiger partial charge in [0, 0.05) is 35.5 Å². The topological polar surface area (TPSA) is 338 Å². The van der Waals surface area contributed by atoms with Crippen molar-refractivity contribution in [3.63, 3.8) is 0 Å². The van der Waals surface area contributed by atoms with E-state index >= 15 is 0 Å². The van der Waals surface area contributed by atoms with Crippen LogP contribution in [0.1, 0.15) is 231 Å². The van der Waals surface area contributed by atoms with Gasteiger partial charge in [0.15, 0.2) is 34.7 Å². The van der Waals surface area contributed by atoms with E-state index in [-0.39, 0.29) is 94.3 Å².